The molecule has 0 saturated carbocycles. The summed E-state index contributed by atoms with van der Waals surface area (Å²) in [6.07, 6.45) is 2.05. The summed E-state index contributed by atoms with van der Waals surface area (Å²) in [5.74, 6) is 1.56. The van der Waals surface area contributed by atoms with E-state index in [0.717, 1.165) is 39.6 Å². The van der Waals surface area contributed by atoms with Gasteiger partial charge in [0.1, 0.15) is 11.6 Å². The molecule has 7 heteroatoms. The van der Waals surface area contributed by atoms with E-state index in [1.807, 2.05) is 96.2 Å². The number of aromatic nitrogens is 3. The Morgan fingerprint density at radius 1 is 0.947 bits per heavy atom. The van der Waals surface area contributed by atoms with Crippen LogP contribution in [0.25, 0.3) is 11.5 Å². The summed E-state index contributed by atoms with van der Waals surface area (Å²) in [5.41, 5.74) is 6.53. The van der Waals surface area contributed by atoms with Gasteiger partial charge in [-0.05, 0) is 61.4 Å². The van der Waals surface area contributed by atoms with Gasteiger partial charge in [-0.25, -0.2) is 9.48 Å². The zero-order valence-corrected chi connectivity index (χ0v) is 21.6. The second-order valence-electron chi connectivity index (χ2n) is 9.51. The number of benzene rings is 3. The van der Waals surface area contributed by atoms with Gasteiger partial charge < -0.3 is 19.5 Å². The van der Waals surface area contributed by atoms with Crippen molar-refractivity contribution in [3.05, 3.63) is 125 Å². The number of nitrogens with zero attached hydrogens (tertiary/aromatic N) is 4. The van der Waals surface area contributed by atoms with Crippen LogP contribution in [0.15, 0.2) is 97.2 Å². The van der Waals surface area contributed by atoms with Gasteiger partial charge in [0, 0.05) is 11.8 Å². The van der Waals surface area contributed by atoms with Crippen molar-refractivity contribution >= 4 is 11.7 Å². The molecule has 3 aromatic carbocycles. The van der Waals surface area contributed by atoms with Crippen molar-refractivity contribution in [2.75, 3.05) is 12.4 Å². The zero-order valence-electron chi connectivity index (χ0n) is 21.6. The Bertz CT molecular complexity index is 1600. The molecule has 1 aliphatic rings. The van der Waals surface area contributed by atoms with Crippen LogP contribution in [0.3, 0.4) is 0 Å². The van der Waals surface area contributed by atoms with Gasteiger partial charge in [0.05, 0.1) is 42.5 Å². The number of nitrogens with one attached hydrogen (secondary N) is 1. The number of para-hydroxylation sites is 1. The van der Waals surface area contributed by atoms with Gasteiger partial charge in [-0.1, -0.05) is 54.6 Å². The minimum absolute atomic E-state index is 0.213. The number of anilines is 1. The third kappa shape index (κ3) is 4.02. The second-order valence-corrected chi connectivity index (χ2v) is 9.51. The first-order chi connectivity index (χ1) is 18.5. The number of methoxy groups -OCH3 is 1. The van der Waals surface area contributed by atoms with Crippen molar-refractivity contribution in [3.8, 4) is 17.3 Å². The summed E-state index contributed by atoms with van der Waals surface area (Å²) >= 11 is 0. The third-order valence-electron chi connectivity index (χ3n) is 7.06. The zero-order chi connectivity index (χ0) is 26.2. The largest absolute Gasteiger partial charge is 0.495 e. The molecule has 0 saturated heterocycles. The Hall–Kier alpha value is -4.78. The van der Waals surface area contributed by atoms with Crippen LogP contribution >= 0.6 is 0 Å². The molecule has 7 nitrogen and oxygen atoms in total. The monoisotopic (exact) mass is 503 g/mol. The molecular weight excluding hydrogens is 474 g/mol. The molecule has 0 bridgehead atoms. The highest BCUT2D eigenvalue weighted by atomic mass is 16.5. The fraction of sp³-hybridized carbons (Fsp3) is 0.161. The SMILES string of the molecule is COc1ccc(C)cc1NC(=O)N1Cc2c(C)nn(-c3ccccc3)c2-n2cccc2C1c1ccccc1. The van der Waals surface area contributed by atoms with E-state index < -0.39 is 0 Å². The Morgan fingerprint density at radius 2 is 1.68 bits per heavy atom. The molecule has 38 heavy (non-hydrogen) atoms. The summed E-state index contributed by atoms with van der Waals surface area (Å²) in [6.45, 7) is 4.38. The lowest BCUT2D eigenvalue weighted by molar-refractivity contribution is 0.194. The molecule has 2 amide bonds. The Kier molecular flexibility index (Phi) is 5.96. The molecule has 1 N–H and O–H groups in total. The highest BCUT2D eigenvalue weighted by Crippen LogP contribution is 2.39. The maximum atomic E-state index is 14.1. The number of ether oxygens (including phenoxy) is 1. The van der Waals surface area contributed by atoms with E-state index in [4.69, 9.17) is 9.84 Å². The predicted molar refractivity (Wildman–Crippen MR) is 148 cm³/mol. The van der Waals surface area contributed by atoms with E-state index in [1.54, 1.807) is 7.11 Å². The summed E-state index contributed by atoms with van der Waals surface area (Å²) < 4.78 is 9.69. The first-order valence-corrected chi connectivity index (χ1v) is 12.6. The maximum absolute atomic E-state index is 14.1. The van der Waals surface area contributed by atoms with Gasteiger partial charge in [-0.15, -0.1) is 0 Å². The summed E-state index contributed by atoms with van der Waals surface area (Å²) in [6, 6.07) is 29.6. The number of carbonyl (C=O) groups is 1. The molecule has 2 aromatic heterocycles. The number of rotatable bonds is 4. The number of fused-ring (bicyclic) bond motifs is 3. The summed E-state index contributed by atoms with van der Waals surface area (Å²) in [4.78, 5) is 16.0. The molecule has 5 aromatic rings. The van der Waals surface area contributed by atoms with Crippen LogP contribution in [0.1, 0.15) is 34.1 Å². The number of carbonyl (C=O) groups excluding carboxylic acids is 1. The fourth-order valence-electron chi connectivity index (χ4n) is 5.24. The minimum atomic E-state index is -0.321. The minimum Gasteiger partial charge on any atom is -0.495 e. The van der Waals surface area contributed by atoms with Crippen molar-refractivity contribution in [2.45, 2.75) is 26.4 Å². The number of hydrogen-bond acceptors (Lipinski definition) is 3. The maximum Gasteiger partial charge on any atom is 0.323 e. The molecule has 0 radical (unpaired) electrons. The van der Waals surface area contributed by atoms with E-state index in [0.29, 0.717) is 18.0 Å². The predicted octanol–water partition coefficient (Wildman–Crippen LogP) is 6.43. The van der Waals surface area contributed by atoms with Crippen molar-refractivity contribution in [2.24, 2.45) is 0 Å². The smallest absolute Gasteiger partial charge is 0.323 e. The van der Waals surface area contributed by atoms with Crippen LogP contribution in [0.4, 0.5) is 10.5 Å². The van der Waals surface area contributed by atoms with Gasteiger partial charge in [0.15, 0.2) is 0 Å². The van der Waals surface area contributed by atoms with E-state index in [1.165, 1.54) is 0 Å². The normalized spacial score (nSPS) is 14.4. The lowest BCUT2D eigenvalue weighted by Crippen LogP contribution is -2.38. The van der Waals surface area contributed by atoms with Crippen LogP contribution in [0.5, 0.6) is 5.75 Å². The Balaban J connectivity index is 1.53. The van der Waals surface area contributed by atoms with E-state index in [-0.39, 0.29) is 12.1 Å². The van der Waals surface area contributed by atoms with Crippen LogP contribution < -0.4 is 10.1 Å². The molecule has 1 aliphatic heterocycles. The average molecular weight is 504 g/mol. The van der Waals surface area contributed by atoms with Crippen molar-refractivity contribution < 1.29 is 9.53 Å². The topological polar surface area (TPSA) is 64.3 Å². The Morgan fingerprint density at radius 3 is 2.42 bits per heavy atom. The third-order valence-corrected chi connectivity index (χ3v) is 7.06. The van der Waals surface area contributed by atoms with E-state index in [2.05, 4.69) is 34.3 Å². The highest BCUT2D eigenvalue weighted by molar-refractivity contribution is 5.92. The number of urea groups is 1. The number of amides is 2. The first kappa shape index (κ1) is 23.6. The van der Waals surface area contributed by atoms with Gasteiger partial charge >= 0.3 is 6.03 Å². The average Bonchev–Trinajstić information content (AvgIpc) is 3.50. The highest BCUT2D eigenvalue weighted by Gasteiger charge is 2.36. The van der Waals surface area contributed by atoms with Gasteiger partial charge in [-0.2, -0.15) is 5.10 Å². The van der Waals surface area contributed by atoms with E-state index >= 15 is 0 Å². The fourth-order valence-corrected chi connectivity index (χ4v) is 5.24. The molecule has 0 fully saturated rings. The molecule has 0 spiro atoms. The van der Waals surface area contributed by atoms with Crippen LogP contribution in [0.2, 0.25) is 0 Å². The second kappa shape index (κ2) is 9.59. The molecule has 1 atom stereocenters. The van der Waals surface area contributed by atoms with Crippen LogP contribution in [0, 0.1) is 13.8 Å². The number of hydrogen-bond donors (Lipinski definition) is 1. The van der Waals surface area contributed by atoms with Gasteiger partial charge in [-0.3, -0.25) is 0 Å². The van der Waals surface area contributed by atoms with Crippen LogP contribution in [-0.2, 0) is 6.54 Å². The molecule has 1 unspecified atom stereocenters. The lowest BCUT2D eigenvalue weighted by Gasteiger charge is -2.31. The molecule has 0 aliphatic carbocycles. The van der Waals surface area contributed by atoms with Gasteiger partial charge in [0.25, 0.3) is 0 Å². The quantitative estimate of drug-likeness (QED) is 0.308. The molecule has 3 heterocycles. The number of aryl methyl sites for hydroxylation is 2. The molecule has 6 rings (SSSR count). The molecular formula is C31H29N5O2. The van der Waals surface area contributed by atoms with Crippen molar-refractivity contribution in [3.63, 3.8) is 0 Å². The lowest BCUT2D eigenvalue weighted by atomic mass is 10.0. The van der Waals surface area contributed by atoms with Crippen molar-refractivity contribution in [1.82, 2.24) is 19.2 Å². The van der Waals surface area contributed by atoms with Crippen molar-refractivity contribution in [1.29, 1.82) is 0 Å². The summed E-state index contributed by atoms with van der Waals surface area (Å²) in [5, 5.41) is 8.05. The van der Waals surface area contributed by atoms with Gasteiger partial charge in [0.2, 0.25) is 0 Å². The van der Waals surface area contributed by atoms with Crippen LogP contribution in [-0.4, -0.2) is 32.4 Å². The first-order valence-electron chi connectivity index (χ1n) is 12.6. The summed E-state index contributed by atoms with van der Waals surface area (Å²) in [7, 11) is 1.61. The van der Waals surface area contributed by atoms with E-state index in [9.17, 15) is 4.79 Å². The molecule has 190 valence electrons. The Labute approximate surface area is 221 Å². The standard InChI is InChI=1S/C31H29N5O2/c1-21-16-17-28(38-3)26(19-21)32-31(37)35-20-25-22(2)33-36(24-13-8-5-9-14-24)30(25)34-18-10-15-27(34)29(35)23-11-6-4-7-12-23/h4-19,29H,20H2,1-3H3,(H,32,37).